The van der Waals surface area contributed by atoms with Gasteiger partial charge in [0.15, 0.2) is 0 Å². The lowest BCUT2D eigenvalue weighted by Crippen LogP contribution is -2.20. The molecule has 1 aromatic carbocycles. The van der Waals surface area contributed by atoms with Crippen molar-refractivity contribution in [2.75, 3.05) is 7.05 Å². The first kappa shape index (κ1) is 15.7. The van der Waals surface area contributed by atoms with Crippen LogP contribution in [0.25, 0.3) is 11.0 Å². The molecule has 122 valence electrons. The zero-order chi connectivity index (χ0) is 16.4. The molecule has 0 aliphatic heterocycles. The summed E-state index contributed by atoms with van der Waals surface area (Å²) in [7, 11) is 2.11. The van der Waals surface area contributed by atoms with Crippen LogP contribution in [-0.2, 0) is 19.6 Å². The van der Waals surface area contributed by atoms with Crippen molar-refractivity contribution in [1.82, 2.24) is 19.6 Å². The standard InChI is InChI=1S/C18H24N4O/c1-5-10-22-17-9-7-6-8-16(17)19-18(22)12-21(4)11-15-13(2)20-23-14(15)3/h6-9H,5,10-12H2,1-4H3. The number of aryl methyl sites for hydroxylation is 3. The van der Waals surface area contributed by atoms with E-state index in [-0.39, 0.29) is 0 Å². The summed E-state index contributed by atoms with van der Waals surface area (Å²) in [5.41, 5.74) is 4.43. The van der Waals surface area contributed by atoms with E-state index in [0.29, 0.717) is 0 Å². The van der Waals surface area contributed by atoms with E-state index < -0.39 is 0 Å². The normalized spacial score (nSPS) is 11.7. The quantitative estimate of drug-likeness (QED) is 0.696. The number of rotatable bonds is 6. The SMILES string of the molecule is CCCn1c(CN(C)Cc2c(C)noc2C)nc2ccccc21. The fraction of sp³-hybridized carbons (Fsp3) is 0.444. The van der Waals surface area contributed by atoms with Gasteiger partial charge in [0.05, 0.1) is 23.3 Å². The molecule has 5 heteroatoms. The number of benzene rings is 1. The Labute approximate surface area is 136 Å². The van der Waals surface area contributed by atoms with Gasteiger partial charge in [-0.05, 0) is 39.4 Å². The second-order valence-corrected chi connectivity index (χ2v) is 6.14. The van der Waals surface area contributed by atoms with Gasteiger partial charge in [0.25, 0.3) is 0 Å². The third-order valence-corrected chi connectivity index (χ3v) is 4.20. The summed E-state index contributed by atoms with van der Waals surface area (Å²) in [5.74, 6) is 2.01. The van der Waals surface area contributed by atoms with Crippen LogP contribution in [-0.4, -0.2) is 26.7 Å². The number of nitrogens with zero attached hydrogens (tertiary/aromatic N) is 4. The first-order chi connectivity index (χ1) is 11.1. The molecule has 0 aliphatic carbocycles. The molecule has 3 rings (SSSR count). The Morgan fingerprint density at radius 1 is 1.17 bits per heavy atom. The van der Waals surface area contributed by atoms with E-state index in [4.69, 9.17) is 9.51 Å². The Morgan fingerprint density at radius 2 is 1.96 bits per heavy atom. The topological polar surface area (TPSA) is 47.1 Å². The summed E-state index contributed by atoms with van der Waals surface area (Å²) < 4.78 is 7.59. The van der Waals surface area contributed by atoms with Crippen LogP contribution in [0.1, 0.15) is 36.2 Å². The van der Waals surface area contributed by atoms with Gasteiger partial charge in [-0.15, -0.1) is 0 Å². The summed E-state index contributed by atoms with van der Waals surface area (Å²) in [6, 6.07) is 8.35. The van der Waals surface area contributed by atoms with Crippen molar-refractivity contribution in [3.05, 3.63) is 47.1 Å². The Morgan fingerprint density at radius 3 is 2.65 bits per heavy atom. The van der Waals surface area contributed by atoms with Crippen molar-refractivity contribution in [3.63, 3.8) is 0 Å². The third-order valence-electron chi connectivity index (χ3n) is 4.20. The highest BCUT2D eigenvalue weighted by Crippen LogP contribution is 2.19. The molecule has 0 bridgehead atoms. The fourth-order valence-electron chi connectivity index (χ4n) is 3.01. The monoisotopic (exact) mass is 312 g/mol. The highest BCUT2D eigenvalue weighted by atomic mass is 16.5. The van der Waals surface area contributed by atoms with Crippen molar-refractivity contribution < 1.29 is 4.52 Å². The molecule has 0 radical (unpaired) electrons. The number of hydrogen-bond acceptors (Lipinski definition) is 4. The van der Waals surface area contributed by atoms with Gasteiger partial charge in [0, 0.05) is 18.7 Å². The predicted octanol–water partition coefficient (Wildman–Crippen LogP) is 3.68. The van der Waals surface area contributed by atoms with E-state index in [1.54, 1.807) is 0 Å². The second-order valence-electron chi connectivity index (χ2n) is 6.14. The average molecular weight is 312 g/mol. The molecule has 0 fully saturated rings. The van der Waals surface area contributed by atoms with E-state index in [1.165, 1.54) is 11.1 Å². The zero-order valence-electron chi connectivity index (χ0n) is 14.3. The van der Waals surface area contributed by atoms with Crippen LogP contribution in [0.2, 0.25) is 0 Å². The maximum atomic E-state index is 5.26. The molecule has 3 aromatic rings. The molecular weight excluding hydrogens is 288 g/mol. The molecule has 0 N–H and O–H groups in total. The average Bonchev–Trinajstić information content (AvgIpc) is 3.03. The molecule has 0 saturated heterocycles. The van der Waals surface area contributed by atoms with Crippen LogP contribution in [0, 0.1) is 13.8 Å². The Kier molecular flexibility index (Phi) is 4.48. The molecule has 0 atom stereocenters. The van der Waals surface area contributed by atoms with Crippen molar-refractivity contribution in [2.45, 2.75) is 46.8 Å². The van der Waals surface area contributed by atoms with Gasteiger partial charge in [-0.2, -0.15) is 0 Å². The maximum Gasteiger partial charge on any atom is 0.138 e. The molecule has 0 unspecified atom stereocenters. The van der Waals surface area contributed by atoms with Crippen LogP contribution in [0.3, 0.4) is 0 Å². The summed E-state index contributed by atoms with van der Waals surface area (Å²) in [4.78, 5) is 7.09. The van der Waals surface area contributed by atoms with Crippen molar-refractivity contribution in [2.24, 2.45) is 0 Å². The summed E-state index contributed by atoms with van der Waals surface area (Å²) in [6.45, 7) is 8.78. The number of fused-ring (bicyclic) bond motifs is 1. The van der Waals surface area contributed by atoms with Gasteiger partial charge < -0.3 is 9.09 Å². The number of imidazole rings is 1. The van der Waals surface area contributed by atoms with Gasteiger partial charge in [0.2, 0.25) is 0 Å². The van der Waals surface area contributed by atoms with Gasteiger partial charge in [-0.1, -0.05) is 24.2 Å². The molecule has 0 spiro atoms. The minimum atomic E-state index is 0.804. The third kappa shape index (κ3) is 3.15. The first-order valence-corrected chi connectivity index (χ1v) is 8.14. The minimum absolute atomic E-state index is 0.804. The summed E-state index contributed by atoms with van der Waals surface area (Å²) >= 11 is 0. The molecule has 5 nitrogen and oxygen atoms in total. The molecule has 0 aliphatic rings. The van der Waals surface area contributed by atoms with Crippen LogP contribution < -0.4 is 0 Å². The Hall–Kier alpha value is -2.14. The lowest BCUT2D eigenvalue weighted by Gasteiger charge is -2.17. The van der Waals surface area contributed by atoms with E-state index in [9.17, 15) is 0 Å². The van der Waals surface area contributed by atoms with Crippen LogP contribution >= 0.6 is 0 Å². The molecule has 2 aromatic heterocycles. The second kappa shape index (κ2) is 6.54. The molecule has 2 heterocycles. The van der Waals surface area contributed by atoms with Gasteiger partial charge >= 0.3 is 0 Å². The van der Waals surface area contributed by atoms with Gasteiger partial charge in [0.1, 0.15) is 11.6 Å². The molecular formula is C18H24N4O. The highest BCUT2D eigenvalue weighted by molar-refractivity contribution is 5.75. The Bertz CT molecular complexity index is 783. The maximum absolute atomic E-state index is 5.26. The zero-order valence-corrected chi connectivity index (χ0v) is 14.3. The van der Waals surface area contributed by atoms with Gasteiger partial charge in [-0.3, -0.25) is 4.90 Å². The van der Waals surface area contributed by atoms with Crippen LogP contribution in [0.4, 0.5) is 0 Å². The van der Waals surface area contributed by atoms with E-state index in [0.717, 1.165) is 48.9 Å². The van der Waals surface area contributed by atoms with Crippen LogP contribution in [0.15, 0.2) is 28.8 Å². The number of para-hydroxylation sites is 2. The van der Waals surface area contributed by atoms with E-state index in [2.05, 4.69) is 46.8 Å². The molecule has 23 heavy (non-hydrogen) atoms. The predicted molar refractivity (Wildman–Crippen MR) is 91.2 cm³/mol. The lowest BCUT2D eigenvalue weighted by molar-refractivity contribution is 0.302. The first-order valence-electron chi connectivity index (χ1n) is 8.14. The van der Waals surface area contributed by atoms with Crippen LogP contribution in [0.5, 0.6) is 0 Å². The number of aromatic nitrogens is 3. The largest absolute Gasteiger partial charge is 0.361 e. The van der Waals surface area contributed by atoms with E-state index >= 15 is 0 Å². The Balaban J connectivity index is 1.84. The lowest BCUT2D eigenvalue weighted by atomic mass is 10.2. The van der Waals surface area contributed by atoms with E-state index in [1.807, 2.05) is 19.9 Å². The number of hydrogen-bond donors (Lipinski definition) is 0. The summed E-state index contributed by atoms with van der Waals surface area (Å²) in [5, 5.41) is 4.04. The van der Waals surface area contributed by atoms with Crippen molar-refractivity contribution >= 4 is 11.0 Å². The smallest absolute Gasteiger partial charge is 0.138 e. The van der Waals surface area contributed by atoms with Crippen molar-refractivity contribution in [3.8, 4) is 0 Å². The highest BCUT2D eigenvalue weighted by Gasteiger charge is 2.15. The summed E-state index contributed by atoms with van der Waals surface area (Å²) in [6.07, 6.45) is 1.10. The van der Waals surface area contributed by atoms with Gasteiger partial charge in [-0.25, -0.2) is 4.98 Å². The molecule has 0 saturated carbocycles. The minimum Gasteiger partial charge on any atom is -0.361 e. The fourth-order valence-corrected chi connectivity index (χ4v) is 3.01. The van der Waals surface area contributed by atoms with Crippen molar-refractivity contribution in [1.29, 1.82) is 0 Å². The molecule has 0 amide bonds.